The minimum absolute atomic E-state index is 0.342. The highest BCUT2D eigenvalue weighted by Crippen LogP contribution is 2.21. The van der Waals surface area contributed by atoms with Crippen molar-refractivity contribution in [3.8, 4) is 11.4 Å². The molecule has 0 bridgehead atoms. The van der Waals surface area contributed by atoms with E-state index < -0.39 is 0 Å². The number of anilines is 1. The van der Waals surface area contributed by atoms with Crippen molar-refractivity contribution in [3.05, 3.63) is 23.7 Å². The molecule has 0 amide bonds. The van der Waals surface area contributed by atoms with Crippen LogP contribution in [0.2, 0.25) is 0 Å². The zero-order chi connectivity index (χ0) is 13.3. The minimum atomic E-state index is 0.342. The average molecular weight is 245 g/mol. The molecule has 2 rings (SSSR count). The zero-order valence-electron chi connectivity index (χ0n) is 11.5. The predicted molar refractivity (Wildman–Crippen MR) is 72.7 cm³/mol. The van der Waals surface area contributed by atoms with Crippen molar-refractivity contribution in [1.82, 2.24) is 19.7 Å². The molecule has 0 unspecified atom stereocenters. The van der Waals surface area contributed by atoms with Crippen LogP contribution in [0.1, 0.15) is 31.1 Å². The molecule has 0 aliphatic heterocycles. The molecule has 0 saturated heterocycles. The van der Waals surface area contributed by atoms with Gasteiger partial charge in [-0.1, -0.05) is 0 Å². The molecule has 0 saturated carbocycles. The fourth-order valence-corrected chi connectivity index (χ4v) is 1.74. The molecular formula is C13H19N5. The van der Waals surface area contributed by atoms with Crippen LogP contribution in [0.5, 0.6) is 0 Å². The molecule has 2 heterocycles. The summed E-state index contributed by atoms with van der Waals surface area (Å²) in [4.78, 5) is 9.04. The third-order valence-corrected chi connectivity index (χ3v) is 3.01. The van der Waals surface area contributed by atoms with Gasteiger partial charge in [0, 0.05) is 30.5 Å². The van der Waals surface area contributed by atoms with Crippen LogP contribution >= 0.6 is 0 Å². The molecule has 0 atom stereocenters. The van der Waals surface area contributed by atoms with Crippen LogP contribution in [0.25, 0.3) is 11.4 Å². The van der Waals surface area contributed by atoms with E-state index in [9.17, 15) is 0 Å². The second-order valence-electron chi connectivity index (χ2n) is 4.66. The number of aryl methyl sites for hydroxylation is 1. The summed E-state index contributed by atoms with van der Waals surface area (Å²) in [6.07, 6.45) is 3.79. The molecule has 5 nitrogen and oxygen atoms in total. The van der Waals surface area contributed by atoms with Gasteiger partial charge in [0.15, 0.2) is 5.82 Å². The molecule has 5 heteroatoms. The summed E-state index contributed by atoms with van der Waals surface area (Å²) < 4.78 is 1.91. The van der Waals surface area contributed by atoms with Gasteiger partial charge in [-0.25, -0.2) is 9.97 Å². The van der Waals surface area contributed by atoms with E-state index in [2.05, 4.69) is 34.2 Å². The highest BCUT2D eigenvalue weighted by Gasteiger charge is 2.11. The standard InChI is InChI=1S/C13H19N5/c1-8(2)18-7-11(6-15-18)13-16-10(4)9(3)12(14-5)17-13/h6-8H,1-5H3,(H,14,16,17). The Morgan fingerprint density at radius 2 is 1.94 bits per heavy atom. The van der Waals surface area contributed by atoms with E-state index in [1.165, 1.54) is 0 Å². The monoisotopic (exact) mass is 245 g/mol. The van der Waals surface area contributed by atoms with Crippen LogP contribution in [0, 0.1) is 13.8 Å². The number of nitrogens with zero attached hydrogens (tertiary/aromatic N) is 4. The first-order chi connectivity index (χ1) is 8.52. The topological polar surface area (TPSA) is 55.6 Å². The molecule has 96 valence electrons. The van der Waals surface area contributed by atoms with Crippen molar-refractivity contribution < 1.29 is 0 Å². The molecule has 0 aromatic carbocycles. The maximum atomic E-state index is 4.52. The predicted octanol–water partition coefficient (Wildman–Crippen LogP) is 2.58. The Morgan fingerprint density at radius 3 is 2.50 bits per heavy atom. The van der Waals surface area contributed by atoms with Crippen molar-refractivity contribution in [3.63, 3.8) is 0 Å². The van der Waals surface area contributed by atoms with Gasteiger partial charge in [-0.3, -0.25) is 4.68 Å². The van der Waals surface area contributed by atoms with E-state index in [4.69, 9.17) is 0 Å². The van der Waals surface area contributed by atoms with Crippen LogP contribution < -0.4 is 5.32 Å². The van der Waals surface area contributed by atoms with E-state index in [1.807, 2.05) is 38.0 Å². The van der Waals surface area contributed by atoms with E-state index in [1.54, 1.807) is 0 Å². The molecule has 0 fully saturated rings. The van der Waals surface area contributed by atoms with E-state index in [-0.39, 0.29) is 0 Å². The Bertz CT molecular complexity index is 557. The van der Waals surface area contributed by atoms with E-state index >= 15 is 0 Å². The summed E-state index contributed by atoms with van der Waals surface area (Å²) in [6, 6.07) is 0.342. The fourth-order valence-electron chi connectivity index (χ4n) is 1.74. The molecular weight excluding hydrogens is 226 g/mol. The molecule has 1 N–H and O–H groups in total. The van der Waals surface area contributed by atoms with Gasteiger partial charge in [-0.2, -0.15) is 5.10 Å². The third kappa shape index (κ3) is 2.20. The highest BCUT2D eigenvalue weighted by molar-refractivity contribution is 5.58. The molecule has 2 aromatic heterocycles. The molecule has 0 aliphatic rings. The number of rotatable bonds is 3. The largest absolute Gasteiger partial charge is 0.373 e. The Labute approximate surface area is 107 Å². The maximum Gasteiger partial charge on any atom is 0.164 e. The summed E-state index contributed by atoms with van der Waals surface area (Å²) >= 11 is 0. The van der Waals surface area contributed by atoms with E-state index in [0.29, 0.717) is 11.9 Å². The lowest BCUT2D eigenvalue weighted by Crippen LogP contribution is -2.02. The number of nitrogens with one attached hydrogen (secondary N) is 1. The van der Waals surface area contributed by atoms with Gasteiger partial charge in [-0.15, -0.1) is 0 Å². The van der Waals surface area contributed by atoms with Crippen molar-refractivity contribution in [2.24, 2.45) is 0 Å². The Kier molecular flexibility index (Phi) is 3.32. The molecule has 0 radical (unpaired) electrons. The maximum absolute atomic E-state index is 4.52. The molecule has 0 spiro atoms. The quantitative estimate of drug-likeness (QED) is 0.903. The summed E-state index contributed by atoms with van der Waals surface area (Å²) in [7, 11) is 1.87. The van der Waals surface area contributed by atoms with Gasteiger partial charge in [0.25, 0.3) is 0 Å². The van der Waals surface area contributed by atoms with Crippen molar-refractivity contribution in [1.29, 1.82) is 0 Å². The van der Waals surface area contributed by atoms with Crippen LogP contribution in [0.15, 0.2) is 12.4 Å². The summed E-state index contributed by atoms with van der Waals surface area (Å²) in [5, 5.41) is 7.41. The SMILES string of the molecule is CNc1nc(-c2cnn(C(C)C)c2)nc(C)c1C. The van der Waals surface area contributed by atoms with Gasteiger partial charge < -0.3 is 5.32 Å². The average Bonchev–Trinajstić information content (AvgIpc) is 2.82. The summed E-state index contributed by atoms with van der Waals surface area (Å²) in [6.45, 7) is 8.20. The van der Waals surface area contributed by atoms with Crippen molar-refractivity contribution >= 4 is 5.82 Å². The van der Waals surface area contributed by atoms with E-state index in [0.717, 1.165) is 22.6 Å². The lowest BCUT2D eigenvalue weighted by atomic mass is 10.2. The first-order valence-corrected chi connectivity index (χ1v) is 6.10. The van der Waals surface area contributed by atoms with Crippen LogP contribution in [0.4, 0.5) is 5.82 Å². The first-order valence-electron chi connectivity index (χ1n) is 6.10. The van der Waals surface area contributed by atoms with Gasteiger partial charge in [0.1, 0.15) is 5.82 Å². The first kappa shape index (κ1) is 12.5. The minimum Gasteiger partial charge on any atom is -0.373 e. The number of hydrogen-bond acceptors (Lipinski definition) is 4. The molecule has 0 aliphatic carbocycles. The number of aromatic nitrogens is 4. The Hall–Kier alpha value is -1.91. The van der Waals surface area contributed by atoms with Gasteiger partial charge >= 0.3 is 0 Å². The zero-order valence-corrected chi connectivity index (χ0v) is 11.5. The van der Waals surface area contributed by atoms with Gasteiger partial charge in [0.05, 0.1) is 11.8 Å². The number of hydrogen-bond donors (Lipinski definition) is 1. The van der Waals surface area contributed by atoms with Crippen LogP contribution in [-0.4, -0.2) is 26.8 Å². The normalized spacial score (nSPS) is 11.0. The Balaban J connectivity index is 2.47. The third-order valence-electron chi connectivity index (χ3n) is 3.01. The molecule has 2 aromatic rings. The Morgan fingerprint density at radius 1 is 1.22 bits per heavy atom. The fraction of sp³-hybridized carbons (Fsp3) is 0.462. The summed E-state index contributed by atoms with van der Waals surface area (Å²) in [5.74, 6) is 1.59. The van der Waals surface area contributed by atoms with Crippen molar-refractivity contribution in [2.75, 3.05) is 12.4 Å². The van der Waals surface area contributed by atoms with Crippen molar-refractivity contribution in [2.45, 2.75) is 33.7 Å². The lowest BCUT2D eigenvalue weighted by Gasteiger charge is -2.08. The second-order valence-corrected chi connectivity index (χ2v) is 4.66. The highest BCUT2D eigenvalue weighted by atomic mass is 15.3. The van der Waals surface area contributed by atoms with Gasteiger partial charge in [0.2, 0.25) is 0 Å². The van der Waals surface area contributed by atoms with Gasteiger partial charge in [-0.05, 0) is 27.7 Å². The lowest BCUT2D eigenvalue weighted by molar-refractivity contribution is 0.532. The van der Waals surface area contributed by atoms with Crippen LogP contribution in [-0.2, 0) is 0 Å². The smallest absolute Gasteiger partial charge is 0.164 e. The summed E-state index contributed by atoms with van der Waals surface area (Å²) in [5.41, 5.74) is 3.02. The second kappa shape index (κ2) is 4.76. The van der Waals surface area contributed by atoms with Crippen LogP contribution in [0.3, 0.4) is 0 Å². The molecule has 18 heavy (non-hydrogen) atoms.